The van der Waals surface area contributed by atoms with E-state index >= 15 is 0 Å². The topological polar surface area (TPSA) is 40.5 Å². The molecule has 0 saturated heterocycles. The highest BCUT2D eigenvalue weighted by molar-refractivity contribution is 5.66. The number of aliphatic carboxylic acids is 1. The fraction of sp³-hybridized carbons (Fsp3) is 0.643. The molecule has 1 aliphatic rings. The van der Waals surface area contributed by atoms with Crippen LogP contribution < -0.4 is 0 Å². The van der Waals surface area contributed by atoms with Crippen LogP contribution in [-0.2, 0) is 4.79 Å². The number of nitrogens with zero attached hydrogens (tertiary/aromatic N) is 1. The van der Waals surface area contributed by atoms with Crippen molar-refractivity contribution in [3.63, 3.8) is 0 Å². The van der Waals surface area contributed by atoms with Gasteiger partial charge in [0.05, 0.1) is 6.42 Å². The quantitative estimate of drug-likeness (QED) is 0.760. The third kappa shape index (κ3) is 4.52. The normalized spacial score (nSPS) is 24.2. The maximum atomic E-state index is 10.5. The summed E-state index contributed by atoms with van der Waals surface area (Å²) < 4.78 is 0. The molecule has 2 atom stereocenters. The molecule has 0 aromatic heterocycles. The van der Waals surface area contributed by atoms with E-state index in [4.69, 9.17) is 5.11 Å². The van der Waals surface area contributed by atoms with E-state index in [1.165, 1.54) is 0 Å². The van der Waals surface area contributed by atoms with Gasteiger partial charge in [0.15, 0.2) is 0 Å². The van der Waals surface area contributed by atoms with Gasteiger partial charge in [0.1, 0.15) is 0 Å². The van der Waals surface area contributed by atoms with Crippen molar-refractivity contribution >= 4 is 5.97 Å². The zero-order valence-corrected chi connectivity index (χ0v) is 10.7. The lowest BCUT2D eigenvalue weighted by molar-refractivity contribution is -0.137. The van der Waals surface area contributed by atoms with Crippen LogP contribution in [0.2, 0.25) is 0 Å². The Bertz CT molecular complexity index is 351. The van der Waals surface area contributed by atoms with Gasteiger partial charge in [-0.2, -0.15) is 0 Å². The summed E-state index contributed by atoms with van der Waals surface area (Å²) in [4.78, 5) is 12.7. The van der Waals surface area contributed by atoms with Crippen molar-refractivity contribution < 1.29 is 9.90 Å². The number of allylic oxidation sites excluding steroid dienone is 1. The zero-order valence-electron chi connectivity index (χ0n) is 10.7. The SMILES string of the molecule is C=C(CCC(=O)O)N1CCC#CC(C)C(C)C1. The maximum absolute atomic E-state index is 10.5. The molecule has 0 aliphatic carbocycles. The van der Waals surface area contributed by atoms with E-state index in [1.807, 2.05) is 0 Å². The number of carboxylic acid groups (broad SMARTS) is 1. The molecule has 17 heavy (non-hydrogen) atoms. The molecule has 0 amide bonds. The fourth-order valence-corrected chi connectivity index (χ4v) is 1.86. The molecule has 0 aromatic rings. The third-order valence-corrected chi connectivity index (χ3v) is 3.27. The monoisotopic (exact) mass is 235 g/mol. The van der Waals surface area contributed by atoms with E-state index in [1.54, 1.807) is 0 Å². The summed E-state index contributed by atoms with van der Waals surface area (Å²) in [6.45, 7) is 10.1. The molecular weight excluding hydrogens is 214 g/mol. The predicted molar refractivity (Wildman–Crippen MR) is 68.3 cm³/mol. The van der Waals surface area contributed by atoms with Gasteiger partial charge in [-0.1, -0.05) is 26.3 Å². The van der Waals surface area contributed by atoms with Gasteiger partial charge in [-0.25, -0.2) is 0 Å². The summed E-state index contributed by atoms with van der Waals surface area (Å²) in [7, 11) is 0. The second-order valence-electron chi connectivity index (χ2n) is 4.74. The Kier molecular flexibility index (Phi) is 5.09. The van der Waals surface area contributed by atoms with Gasteiger partial charge < -0.3 is 10.0 Å². The number of hydrogen-bond acceptors (Lipinski definition) is 2. The minimum atomic E-state index is -0.764. The standard InChI is InChI=1S/C14H21NO2/c1-11-6-4-5-9-15(10-12(11)2)13(3)7-8-14(16)17/h11-12H,3,5,7-10H2,1-2H3,(H,16,17). The predicted octanol–water partition coefficient (Wildman–Crippen LogP) is 2.35. The van der Waals surface area contributed by atoms with Crippen molar-refractivity contribution in [3.05, 3.63) is 12.3 Å². The molecule has 1 N–H and O–H groups in total. The van der Waals surface area contributed by atoms with Crippen molar-refractivity contribution in [1.82, 2.24) is 4.90 Å². The van der Waals surface area contributed by atoms with Gasteiger partial charge in [-0.3, -0.25) is 4.79 Å². The summed E-state index contributed by atoms with van der Waals surface area (Å²) in [6.07, 6.45) is 1.53. The molecule has 0 saturated carbocycles. The summed E-state index contributed by atoms with van der Waals surface area (Å²) in [5, 5.41) is 8.67. The molecule has 0 spiro atoms. The van der Waals surface area contributed by atoms with Gasteiger partial charge in [-0.15, -0.1) is 5.92 Å². The molecule has 2 unspecified atom stereocenters. The van der Waals surface area contributed by atoms with Crippen LogP contribution in [0.15, 0.2) is 12.3 Å². The molecule has 1 aliphatic heterocycles. The van der Waals surface area contributed by atoms with Gasteiger partial charge in [0, 0.05) is 31.1 Å². The molecule has 0 radical (unpaired) electrons. The van der Waals surface area contributed by atoms with Crippen molar-refractivity contribution in [2.24, 2.45) is 11.8 Å². The maximum Gasteiger partial charge on any atom is 0.303 e. The Labute approximate surface area is 104 Å². The summed E-state index contributed by atoms with van der Waals surface area (Å²) >= 11 is 0. The van der Waals surface area contributed by atoms with E-state index in [0.29, 0.717) is 18.3 Å². The summed E-state index contributed by atoms with van der Waals surface area (Å²) in [5.41, 5.74) is 0.926. The molecule has 3 nitrogen and oxygen atoms in total. The first-order valence-corrected chi connectivity index (χ1v) is 6.13. The lowest BCUT2D eigenvalue weighted by Crippen LogP contribution is -2.32. The number of carboxylic acids is 1. The van der Waals surface area contributed by atoms with Crippen molar-refractivity contribution in [3.8, 4) is 11.8 Å². The molecular formula is C14H21NO2. The van der Waals surface area contributed by atoms with Crippen LogP contribution in [0.1, 0.15) is 33.1 Å². The van der Waals surface area contributed by atoms with Crippen LogP contribution >= 0.6 is 0 Å². The second-order valence-corrected chi connectivity index (χ2v) is 4.74. The van der Waals surface area contributed by atoms with Crippen LogP contribution in [0.4, 0.5) is 0 Å². The van der Waals surface area contributed by atoms with Gasteiger partial charge >= 0.3 is 5.97 Å². The Morgan fingerprint density at radius 1 is 1.47 bits per heavy atom. The van der Waals surface area contributed by atoms with Gasteiger partial charge in [-0.05, 0) is 12.3 Å². The fourth-order valence-electron chi connectivity index (χ4n) is 1.86. The first-order chi connectivity index (χ1) is 8.00. The first kappa shape index (κ1) is 13.6. The lowest BCUT2D eigenvalue weighted by Gasteiger charge is -2.31. The van der Waals surface area contributed by atoms with Crippen LogP contribution in [0.3, 0.4) is 0 Å². The van der Waals surface area contributed by atoms with E-state index < -0.39 is 5.97 Å². The molecule has 3 heteroatoms. The highest BCUT2D eigenvalue weighted by atomic mass is 16.4. The van der Waals surface area contributed by atoms with E-state index in [2.05, 4.69) is 37.2 Å². The average molecular weight is 235 g/mol. The minimum absolute atomic E-state index is 0.158. The summed E-state index contributed by atoms with van der Waals surface area (Å²) in [6, 6.07) is 0. The molecule has 1 rings (SSSR count). The van der Waals surface area contributed by atoms with Crippen LogP contribution in [-0.4, -0.2) is 29.1 Å². The third-order valence-electron chi connectivity index (χ3n) is 3.27. The van der Waals surface area contributed by atoms with Crippen LogP contribution in [0.5, 0.6) is 0 Å². The molecule has 0 fully saturated rings. The lowest BCUT2D eigenvalue weighted by atomic mass is 9.94. The minimum Gasteiger partial charge on any atom is -0.481 e. The molecule has 94 valence electrons. The Morgan fingerprint density at radius 2 is 2.18 bits per heavy atom. The molecule has 1 heterocycles. The second kappa shape index (κ2) is 6.34. The van der Waals surface area contributed by atoms with E-state index in [-0.39, 0.29) is 6.42 Å². The highest BCUT2D eigenvalue weighted by Crippen LogP contribution is 2.18. The molecule has 0 bridgehead atoms. The van der Waals surface area contributed by atoms with Crippen LogP contribution in [0, 0.1) is 23.7 Å². The summed E-state index contributed by atoms with van der Waals surface area (Å²) in [5.74, 6) is 6.53. The first-order valence-electron chi connectivity index (χ1n) is 6.13. The highest BCUT2D eigenvalue weighted by Gasteiger charge is 2.17. The van der Waals surface area contributed by atoms with E-state index in [0.717, 1.165) is 25.2 Å². The van der Waals surface area contributed by atoms with Crippen LogP contribution in [0.25, 0.3) is 0 Å². The average Bonchev–Trinajstić information content (AvgIpc) is 2.27. The van der Waals surface area contributed by atoms with Crippen molar-refractivity contribution in [2.45, 2.75) is 33.1 Å². The Hall–Kier alpha value is -1.43. The van der Waals surface area contributed by atoms with E-state index in [9.17, 15) is 4.79 Å². The van der Waals surface area contributed by atoms with Gasteiger partial charge in [0.25, 0.3) is 0 Å². The number of rotatable bonds is 4. The van der Waals surface area contributed by atoms with Crippen molar-refractivity contribution in [1.29, 1.82) is 0 Å². The Morgan fingerprint density at radius 3 is 2.82 bits per heavy atom. The van der Waals surface area contributed by atoms with Crippen molar-refractivity contribution in [2.75, 3.05) is 13.1 Å². The number of carbonyl (C=O) groups is 1. The van der Waals surface area contributed by atoms with Gasteiger partial charge in [0.2, 0.25) is 0 Å². The smallest absolute Gasteiger partial charge is 0.303 e. The zero-order chi connectivity index (χ0) is 12.8. The Balaban J connectivity index is 2.56. The molecule has 0 aromatic carbocycles. The largest absolute Gasteiger partial charge is 0.481 e. The number of hydrogen-bond donors (Lipinski definition) is 1.